The summed E-state index contributed by atoms with van der Waals surface area (Å²) < 4.78 is 26.6. The SMILES string of the molecule is N#Cc1cc(N2C[C@@H](O)C[C@H]2c2ccc(F)c(F)c2)ccn1. The molecule has 22 heavy (non-hydrogen) atoms. The Bertz CT molecular complexity index is 744. The molecule has 1 aliphatic heterocycles. The van der Waals surface area contributed by atoms with Gasteiger partial charge in [-0.05, 0) is 36.2 Å². The first-order valence-electron chi connectivity index (χ1n) is 6.84. The number of aliphatic hydroxyl groups excluding tert-OH is 1. The average molecular weight is 301 g/mol. The molecule has 112 valence electrons. The average Bonchev–Trinajstić information content (AvgIpc) is 2.92. The minimum Gasteiger partial charge on any atom is -0.391 e. The van der Waals surface area contributed by atoms with E-state index in [1.54, 1.807) is 12.1 Å². The van der Waals surface area contributed by atoms with Gasteiger partial charge in [-0.15, -0.1) is 0 Å². The molecule has 0 amide bonds. The maximum absolute atomic E-state index is 13.5. The standard InChI is InChI=1S/C16H13F2N3O/c17-14-2-1-10(5-15(14)18)16-7-13(22)9-21(16)12-3-4-20-11(6-12)8-19/h1-6,13,16,22H,7,9H2/t13-,16-/m0/s1. The molecule has 1 aliphatic rings. The van der Waals surface area contributed by atoms with Gasteiger partial charge >= 0.3 is 0 Å². The van der Waals surface area contributed by atoms with E-state index in [2.05, 4.69) is 4.98 Å². The molecule has 4 nitrogen and oxygen atoms in total. The number of pyridine rings is 1. The van der Waals surface area contributed by atoms with Crippen LogP contribution in [0.2, 0.25) is 0 Å². The molecule has 0 bridgehead atoms. The maximum Gasteiger partial charge on any atom is 0.159 e. The topological polar surface area (TPSA) is 60.2 Å². The lowest BCUT2D eigenvalue weighted by Gasteiger charge is -2.27. The molecule has 2 aromatic rings. The molecule has 0 saturated carbocycles. The highest BCUT2D eigenvalue weighted by Gasteiger charge is 2.32. The number of benzene rings is 1. The van der Waals surface area contributed by atoms with Crippen LogP contribution in [0.1, 0.15) is 23.7 Å². The Morgan fingerprint density at radius 1 is 1.23 bits per heavy atom. The van der Waals surface area contributed by atoms with Gasteiger partial charge in [-0.2, -0.15) is 5.26 Å². The lowest BCUT2D eigenvalue weighted by molar-refractivity contribution is 0.194. The number of anilines is 1. The quantitative estimate of drug-likeness (QED) is 0.926. The second kappa shape index (κ2) is 5.70. The molecule has 1 aromatic heterocycles. The van der Waals surface area contributed by atoms with Crippen molar-refractivity contribution in [2.45, 2.75) is 18.6 Å². The van der Waals surface area contributed by atoms with E-state index in [9.17, 15) is 13.9 Å². The molecular weight excluding hydrogens is 288 g/mol. The third kappa shape index (κ3) is 2.63. The molecule has 1 saturated heterocycles. The number of nitrogens with zero attached hydrogens (tertiary/aromatic N) is 3. The maximum atomic E-state index is 13.5. The fourth-order valence-electron chi connectivity index (χ4n) is 2.79. The summed E-state index contributed by atoms with van der Waals surface area (Å²) in [6.07, 6.45) is 1.35. The van der Waals surface area contributed by atoms with Gasteiger partial charge in [0.05, 0.1) is 12.1 Å². The first-order chi connectivity index (χ1) is 10.6. The third-order valence-electron chi connectivity index (χ3n) is 3.80. The van der Waals surface area contributed by atoms with Crippen LogP contribution in [0.15, 0.2) is 36.5 Å². The first kappa shape index (κ1) is 14.4. The van der Waals surface area contributed by atoms with Gasteiger partial charge in [0.15, 0.2) is 11.6 Å². The number of aliphatic hydroxyl groups is 1. The largest absolute Gasteiger partial charge is 0.391 e. The molecule has 1 N–H and O–H groups in total. The molecule has 3 rings (SSSR count). The second-order valence-corrected chi connectivity index (χ2v) is 5.24. The van der Waals surface area contributed by atoms with Crippen LogP contribution in [-0.2, 0) is 0 Å². The number of β-amino-alcohol motifs (C(OH)–C–C–N with tert-alkyl or cyclic N) is 1. The lowest BCUT2D eigenvalue weighted by atomic mass is 10.0. The van der Waals surface area contributed by atoms with Crippen LogP contribution < -0.4 is 4.90 Å². The van der Waals surface area contributed by atoms with Crippen molar-refractivity contribution < 1.29 is 13.9 Å². The lowest BCUT2D eigenvalue weighted by Crippen LogP contribution is -2.24. The fourth-order valence-corrected chi connectivity index (χ4v) is 2.79. The van der Waals surface area contributed by atoms with Gasteiger partial charge in [0.2, 0.25) is 0 Å². The summed E-state index contributed by atoms with van der Waals surface area (Å²) in [7, 11) is 0. The molecule has 0 spiro atoms. The van der Waals surface area contributed by atoms with Crippen molar-refractivity contribution in [3.8, 4) is 6.07 Å². The number of nitriles is 1. The minimum atomic E-state index is -0.911. The van der Waals surface area contributed by atoms with Crippen LogP contribution in [0.5, 0.6) is 0 Å². The summed E-state index contributed by atoms with van der Waals surface area (Å²) in [5.74, 6) is -1.81. The highest BCUT2D eigenvalue weighted by molar-refractivity contribution is 5.52. The Morgan fingerprint density at radius 2 is 2.05 bits per heavy atom. The first-order valence-corrected chi connectivity index (χ1v) is 6.84. The normalized spacial score (nSPS) is 20.9. The molecule has 1 fully saturated rings. The Hall–Kier alpha value is -2.52. The van der Waals surface area contributed by atoms with Crippen LogP contribution in [0.4, 0.5) is 14.5 Å². The summed E-state index contributed by atoms with van der Waals surface area (Å²) in [5.41, 5.74) is 1.58. The summed E-state index contributed by atoms with van der Waals surface area (Å²) in [6, 6.07) is 8.78. The van der Waals surface area contributed by atoms with E-state index in [-0.39, 0.29) is 11.7 Å². The zero-order valence-electron chi connectivity index (χ0n) is 11.6. The number of halogens is 2. The predicted octanol–water partition coefficient (Wildman–Crippen LogP) is 2.54. The van der Waals surface area contributed by atoms with Crippen LogP contribution in [0.25, 0.3) is 0 Å². The molecule has 2 heterocycles. The minimum absolute atomic E-state index is 0.267. The van der Waals surface area contributed by atoms with E-state index in [1.807, 2.05) is 11.0 Å². The van der Waals surface area contributed by atoms with Crippen molar-refractivity contribution >= 4 is 5.69 Å². The van der Waals surface area contributed by atoms with E-state index in [1.165, 1.54) is 12.3 Å². The Labute approximate surface area is 126 Å². The number of rotatable bonds is 2. The highest BCUT2D eigenvalue weighted by atomic mass is 19.2. The van der Waals surface area contributed by atoms with E-state index in [0.717, 1.165) is 17.8 Å². The molecule has 0 aliphatic carbocycles. The molecule has 1 aromatic carbocycles. The molecule has 2 atom stereocenters. The predicted molar refractivity (Wildman–Crippen MR) is 76.0 cm³/mol. The molecular formula is C16H13F2N3O. The molecule has 0 radical (unpaired) electrons. The van der Waals surface area contributed by atoms with Crippen molar-refractivity contribution in [1.82, 2.24) is 4.98 Å². The van der Waals surface area contributed by atoms with E-state index in [4.69, 9.17) is 5.26 Å². The van der Waals surface area contributed by atoms with Gasteiger partial charge in [-0.1, -0.05) is 6.07 Å². The van der Waals surface area contributed by atoms with Crippen molar-refractivity contribution in [3.63, 3.8) is 0 Å². The highest BCUT2D eigenvalue weighted by Crippen LogP contribution is 2.36. The Balaban J connectivity index is 1.98. The number of hydrogen-bond donors (Lipinski definition) is 1. The van der Waals surface area contributed by atoms with Crippen LogP contribution in [0.3, 0.4) is 0 Å². The van der Waals surface area contributed by atoms with E-state index >= 15 is 0 Å². The Kier molecular flexibility index (Phi) is 3.73. The van der Waals surface area contributed by atoms with Gasteiger partial charge in [0.25, 0.3) is 0 Å². The second-order valence-electron chi connectivity index (χ2n) is 5.24. The summed E-state index contributed by atoms with van der Waals surface area (Å²) in [6.45, 7) is 0.360. The Morgan fingerprint density at radius 3 is 2.77 bits per heavy atom. The fraction of sp³-hybridized carbons (Fsp3) is 0.250. The van der Waals surface area contributed by atoms with Gasteiger partial charge in [-0.3, -0.25) is 0 Å². The van der Waals surface area contributed by atoms with Crippen molar-refractivity contribution in [1.29, 1.82) is 5.26 Å². The third-order valence-corrected chi connectivity index (χ3v) is 3.80. The van der Waals surface area contributed by atoms with Gasteiger partial charge in [0.1, 0.15) is 11.8 Å². The monoisotopic (exact) mass is 301 g/mol. The van der Waals surface area contributed by atoms with Crippen LogP contribution in [-0.4, -0.2) is 22.7 Å². The molecule has 0 unspecified atom stereocenters. The zero-order valence-corrected chi connectivity index (χ0v) is 11.6. The van der Waals surface area contributed by atoms with E-state index < -0.39 is 17.7 Å². The zero-order chi connectivity index (χ0) is 15.7. The summed E-state index contributed by atoms with van der Waals surface area (Å²) in [4.78, 5) is 5.79. The van der Waals surface area contributed by atoms with Crippen LogP contribution in [0, 0.1) is 23.0 Å². The van der Waals surface area contributed by atoms with Crippen molar-refractivity contribution in [2.24, 2.45) is 0 Å². The number of hydrogen-bond acceptors (Lipinski definition) is 4. The van der Waals surface area contributed by atoms with Gasteiger partial charge in [0, 0.05) is 18.4 Å². The summed E-state index contributed by atoms with van der Waals surface area (Å²) >= 11 is 0. The smallest absolute Gasteiger partial charge is 0.159 e. The van der Waals surface area contributed by atoms with Crippen molar-refractivity contribution in [2.75, 3.05) is 11.4 Å². The number of aromatic nitrogens is 1. The summed E-state index contributed by atoms with van der Waals surface area (Å²) in [5, 5.41) is 18.9. The molecule has 6 heteroatoms. The van der Waals surface area contributed by atoms with Crippen LogP contribution >= 0.6 is 0 Å². The van der Waals surface area contributed by atoms with E-state index in [0.29, 0.717) is 18.5 Å². The van der Waals surface area contributed by atoms with Gasteiger partial charge < -0.3 is 10.0 Å². The van der Waals surface area contributed by atoms with Crippen molar-refractivity contribution in [3.05, 3.63) is 59.4 Å². The van der Waals surface area contributed by atoms with Gasteiger partial charge in [-0.25, -0.2) is 13.8 Å².